The molecular weight excluding hydrogens is 230 g/mol. The molecule has 0 amide bonds. The number of rotatable bonds is 4. The van der Waals surface area contributed by atoms with E-state index in [0.29, 0.717) is 6.04 Å². The minimum Gasteiger partial charge on any atom is -0.345 e. The van der Waals surface area contributed by atoms with Gasteiger partial charge in [-0.1, -0.05) is 6.92 Å². The van der Waals surface area contributed by atoms with E-state index in [1.165, 1.54) is 47.9 Å². The molecule has 0 aromatic carbocycles. The summed E-state index contributed by atoms with van der Waals surface area (Å²) in [5.41, 5.74) is 1.19. The maximum atomic E-state index is 4.76. The van der Waals surface area contributed by atoms with Crippen LogP contribution < -0.4 is 10.2 Å². The molecule has 0 saturated carbocycles. The van der Waals surface area contributed by atoms with Gasteiger partial charge in [-0.25, -0.2) is 4.98 Å². The van der Waals surface area contributed by atoms with E-state index in [0.717, 1.165) is 6.54 Å². The SMILES string of the molecule is CCC1CCCCN1c1nc(C)c(CNC)s1. The first-order valence-corrected chi connectivity index (χ1v) is 7.45. The molecule has 1 fully saturated rings. The van der Waals surface area contributed by atoms with Gasteiger partial charge in [-0.15, -0.1) is 11.3 Å². The molecule has 1 aromatic rings. The van der Waals surface area contributed by atoms with Gasteiger partial charge in [0.2, 0.25) is 0 Å². The Bertz CT molecular complexity index is 362. The van der Waals surface area contributed by atoms with Gasteiger partial charge in [0, 0.05) is 24.0 Å². The topological polar surface area (TPSA) is 28.2 Å². The molecular formula is C13H23N3S. The Kier molecular flexibility index (Phi) is 4.40. The van der Waals surface area contributed by atoms with Gasteiger partial charge in [0.1, 0.15) is 0 Å². The normalized spacial score (nSPS) is 20.9. The molecule has 0 spiro atoms. The molecule has 96 valence electrons. The summed E-state index contributed by atoms with van der Waals surface area (Å²) in [6, 6.07) is 0.705. The van der Waals surface area contributed by atoms with E-state index in [9.17, 15) is 0 Å². The average molecular weight is 253 g/mol. The second-order valence-electron chi connectivity index (χ2n) is 4.79. The van der Waals surface area contributed by atoms with E-state index < -0.39 is 0 Å². The predicted octanol–water partition coefficient (Wildman–Crippen LogP) is 2.94. The molecule has 17 heavy (non-hydrogen) atoms. The highest BCUT2D eigenvalue weighted by atomic mass is 32.1. The van der Waals surface area contributed by atoms with Gasteiger partial charge in [0.05, 0.1) is 5.69 Å². The van der Waals surface area contributed by atoms with Gasteiger partial charge < -0.3 is 10.2 Å². The lowest BCUT2D eigenvalue weighted by Crippen LogP contribution is -2.39. The first-order chi connectivity index (χ1) is 8.26. The molecule has 0 aliphatic carbocycles. The van der Waals surface area contributed by atoms with Crippen LogP contribution in [0.3, 0.4) is 0 Å². The van der Waals surface area contributed by atoms with Crippen LogP contribution in [0.2, 0.25) is 0 Å². The largest absolute Gasteiger partial charge is 0.345 e. The van der Waals surface area contributed by atoms with E-state index in [1.54, 1.807) is 0 Å². The Labute approximate surface area is 108 Å². The molecule has 1 aromatic heterocycles. The van der Waals surface area contributed by atoms with E-state index >= 15 is 0 Å². The summed E-state index contributed by atoms with van der Waals surface area (Å²) in [5, 5.41) is 4.45. The fourth-order valence-electron chi connectivity index (χ4n) is 2.54. The maximum absolute atomic E-state index is 4.76. The minimum absolute atomic E-state index is 0.705. The second-order valence-corrected chi connectivity index (χ2v) is 5.85. The summed E-state index contributed by atoms with van der Waals surface area (Å²) < 4.78 is 0. The maximum Gasteiger partial charge on any atom is 0.186 e. The van der Waals surface area contributed by atoms with Crippen molar-refractivity contribution >= 4 is 16.5 Å². The Balaban J connectivity index is 2.17. The van der Waals surface area contributed by atoms with E-state index in [-0.39, 0.29) is 0 Å². The standard InChI is InChI=1S/C13H23N3S/c1-4-11-7-5-6-8-16(11)13-15-10(2)12(17-13)9-14-3/h11,14H,4-9H2,1-3H3. The van der Waals surface area contributed by atoms with Gasteiger partial charge in [-0.2, -0.15) is 0 Å². The molecule has 1 aliphatic heterocycles. The number of hydrogen-bond acceptors (Lipinski definition) is 4. The lowest BCUT2D eigenvalue weighted by atomic mass is 10.0. The van der Waals surface area contributed by atoms with Crippen LogP contribution in [0.5, 0.6) is 0 Å². The molecule has 2 heterocycles. The van der Waals surface area contributed by atoms with Crippen LogP contribution >= 0.6 is 11.3 Å². The third-order valence-electron chi connectivity index (χ3n) is 3.56. The van der Waals surface area contributed by atoms with Crippen molar-refractivity contribution in [2.24, 2.45) is 0 Å². The lowest BCUT2D eigenvalue weighted by molar-refractivity contribution is 0.449. The Morgan fingerprint density at radius 1 is 1.47 bits per heavy atom. The Morgan fingerprint density at radius 2 is 2.29 bits per heavy atom. The number of aromatic nitrogens is 1. The third kappa shape index (κ3) is 2.80. The highest BCUT2D eigenvalue weighted by Gasteiger charge is 2.24. The summed E-state index contributed by atoms with van der Waals surface area (Å²) in [7, 11) is 1.99. The van der Waals surface area contributed by atoms with Crippen LogP contribution in [0.25, 0.3) is 0 Å². The molecule has 2 rings (SSSR count). The van der Waals surface area contributed by atoms with Crippen molar-refractivity contribution in [3.8, 4) is 0 Å². The van der Waals surface area contributed by atoms with Gasteiger partial charge in [0.15, 0.2) is 5.13 Å². The van der Waals surface area contributed by atoms with Crippen molar-refractivity contribution in [2.45, 2.75) is 52.1 Å². The molecule has 1 N–H and O–H groups in total. The van der Waals surface area contributed by atoms with Crippen molar-refractivity contribution in [3.05, 3.63) is 10.6 Å². The molecule has 0 bridgehead atoms. The van der Waals surface area contributed by atoms with Crippen molar-refractivity contribution in [2.75, 3.05) is 18.5 Å². The number of nitrogens with one attached hydrogen (secondary N) is 1. The number of aryl methyl sites for hydroxylation is 1. The summed E-state index contributed by atoms with van der Waals surface area (Å²) in [6.45, 7) is 6.54. The zero-order valence-corrected chi connectivity index (χ0v) is 11.9. The summed E-state index contributed by atoms with van der Waals surface area (Å²) >= 11 is 1.86. The summed E-state index contributed by atoms with van der Waals surface area (Å²) in [5.74, 6) is 0. The van der Waals surface area contributed by atoms with Gasteiger partial charge >= 0.3 is 0 Å². The van der Waals surface area contributed by atoms with Crippen LogP contribution in [-0.2, 0) is 6.54 Å². The number of nitrogens with zero attached hydrogens (tertiary/aromatic N) is 2. The van der Waals surface area contributed by atoms with Gasteiger partial charge in [-0.3, -0.25) is 0 Å². The fraction of sp³-hybridized carbons (Fsp3) is 0.769. The Morgan fingerprint density at radius 3 is 3.00 bits per heavy atom. The van der Waals surface area contributed by atoms with Crippen LogP contribution in [0.4, 0.5) is 5.13 Å². The highest BCUT2D eigenvalue weighted by Crippen LogP contribution is 2.31. The van der Waals surface area contributed by atoms with Crippen LogP contribution in [0.1, 0.15) is 43.2 Å². The highest BCUT2D eigenvalue weighted by molar-refractivity contribution is 7.15. The zero-order valence-electron chi connectivity index (χ0n) is 11.1. The summed E-state index contributed by atoms with van der Waals surface area (Å²) in [6.07, 6.45) is 5.26. The number of anilines is 1. The van der Waals surface area contributed by atoms with Crippen molar-refractivity contribution in [1.82, 2.24) is 10.3 Å². The smallest absolute Gasteiger partial charge is 0.186 e. The molecule has 1 aliphatic rings. The number of hydrogen-bond donors (Lipinski definition) is 1. The quantitative estimate of drug-likeness (QED) is 0.894. The van der Waals surface area contributed by atoms with Gasteiger partial charge in [0.25, 0.3) is 0 Å². The summed E-state index contributed by atoms with van der Waals surface area (Å²) in [4.78, 5) is 8.66. The van der Waals surface area contributed by atoms with Crippen molar-refractivity contribution in [3.63, 3.8) is 0 Å². The molecule has 1 unspecified atom stereocenters. The Hall–Kier alpha value is -0.610. The minimum atomic E-state index is 0.705. The molecule has 3 nitrogen and oxygen atoms in total. The average Bonchev–Trinajstić information content (AvgIpc) is 2.71. The van der Waals surface area contributed by atoms with Crippen LogP contribution in [0.15, 0.2) is 0 Å². The van der Waals surface area contributed by atoms with Gasteiger partial charge in [-0.05, 0) is 39.7 Å². The monoisotopic (exact) mass is 253 g/mol. The van der Waals surface area contributed by atoms with E-state index in [4.69, 9.17) is 4.98 Å². The molecule has 1 saturated heterocycles. The van der Waals surface area contributed by atoms with Crippen LogP contribution in [0, 0.1) is 6.92 Å². The second kappa shape index (κ2) is 5.83. The molecule has 4 heteroatoms. The third-order valence-corrected chi connectivity index (χ3v) is 4.76. The molecule has 0 radical (unpaired) electrons. The first kappa shape index (κ1) is 12.8. The van der Waals surface area contributed by atoms with Crippen LogP contribution in [-0.4, -0.2) is 24.6 Å². The van der Waals surface area contributed by atoms with E-state index in [1.807, 2.05) is 18.4 Å². The molecule has 1 atom stereocenters. The predicted molar refractivity (Wildman–Crippen MR) is 74.9 cm³/mol. The fourth-order valence-corrected chi connectivity index (χ4v) is 3.71. The number of piperidine rings is 1. The van der Waals surface area contributed by atoms with Crippen molar-refractivity contribution < 1.29 is 0 Å². The first-order valence-electron chi connectivity index (χ1n) is 6.63. The van der Waals surface area contributed by atoms with Crippen molar-refractivity contribution in [1.29, 1.82) is 0 Å². The lowest BCUT2D eigenvalue weighted by Gasteiger charge is -2.35. The zero-order chi connectivity index (χ0) is 12.3. The number of thiazole rings is 1. The van der Waals surface area contributed by atoms with E-state index in [2.05, 4.69) is 24.1 Å².